The third-order valence-corrected chi connectivity index (χ3v) is 3.62. The Kier molecular flexibility index (Phi) is 4.20. The van der Waals surface area contributed by atoms with Crippen LogP contribution < -0.4 is 0 Å². The van der Waals surface area contributed by atoms with Crippen molar-refractivity contribution in [3.8, 4) is 11.5 Å². The number of aromatic nitrogens is 3. The monoisotopic (exact) mass is 345 g/mol. The van der Waals surface area contributed by atoms with Crippen molar-refractivity contribution in [2.24, 2.45) is 0 Å². The maximum Gasteiger partial charge on any atom is 0.182 e. The number of halogens is 3. The summed E-state index contributed by atoms with van der Waals surface area (Å²) in [5, 5.41) is 0.745. The molecule has 0 saturated carbocycles. The Morgan fingerprint density at radius 2 is 1.78 bits per heavy atom. The fourth-order valence-corrected chi connectivity index (χ4v) is 2.81. The van der Waals surface area contributed by atoms with Gasteiger partial charge in [-0.05, 0) is 34.0 Å². The van der Waals surface area contributed by atoms with E-state index in [0.29, 0.717) is 21.8 Å². The molecule has 0 aliphatic heterocycles. The minimum absolute atomic E-state index is 0.172. The summed E-state index contributed by atoms with van der Waals surface area (Å²) in [6.07, 6.45) is 1.67. The van der Waals surface area contributed by atoms with Crippen LogP contribution in [0.15, 0.2) is 22.8 Å². The molecule has 0 aliphatic rings. The van der Waals surface area contributed by atoms with Crippen molar-refractivity contribution in [2.75, 3.05) is 0 Å². The van der Waals surface area contributed by atoms with E-state index in [2.05, 4.69) is 30.9 Å². The fourth-order valence-electron chi connectivity index (χ4n) is 1.55. The van der Waals surface area contributed by atoms with Crippen molar-refractivity contribution in [1.82, 2.24) is 15.0 Å². The van der Waals surface area contributed by atoms with Crippen LogP contribution >= 0.6 is 39.1 Å². The van der Waals surface area contributed by atoms with Crippen LogP contribution in [0.25, 0.3) is 11.5 Å². The molecular formula is C12H10BrCl2N3. The molecule has 6 heteroatoms. The van der Waals surface area contributed by atoms with Gasteiger partial charge in [0.15, 0.2) is 5.82 Å². The predicted octanol–water partition coefficient (Wildman–Crippen LogP) is 4.73. The molecular weight excluding hydrogens is 337 g/mol. The summed E-state index contributed by atoms with van der Waals surface area (Å²) < 4.78 is 0.800. The van der Waals surface area contributed by atoms with Crippen LogP contribution in [0.1, 0.15) is 25.3 Å². The third-order valence-electron chi connectivity index (χ3n) is 2.40. The summed E-state index contributed by atoms with van der Waals surface area (Å²) in [4.78, 5) is 12.7. The molecule has 0 fully saturated rings. The molecule has 3 nitrogen and oxygen atoms in total. The highest BCUT2D eigenvalue weighted by atomic mass is 79.9. The number of pyridine rings is 1. The molecule has 94 valence electrons. The molecule has 0 atom stereocenters. The van der Waals surface area contributed by atoms with E-state index in [4.69, 9.17) is 23.2 Å². The lowest BCUT2D eigenvalue weighted by Gasteiger charge is -2.11. The molecule has 0 unspecified atom stereocenters. The van der Waals surface area contributed by atoms with Crippen LogP contribution in [0, 0.1) is 0 Å². The van der Waals surface area contributed by atoms with Gasteiger partial charge in [-0.2, -0.15) is 0 Å². The second-order valence-electron chi connectivity index (χ2n) is 4.03. The lowest BCUT2D eigenvalue weighted by molar-refractivity contribution is 0.847. The molecule has 2 aromatic rings. The lowest BCUT2D eigenvalue weighted by Crippen LogP contribution is -2.00. The predicted molar refractivity (Wildman–Crippen MR) is 77.1 cm³/mol. The highest BCUT2D eigenvalue weighted by Gasteiger charge is 2.17. The van der Waals surface area contributed by atoms with Crippen LogP contribution in [-0.2, 0) is 0 Å². The molecule has 0 radical (unpaired) electrons. The Bertz CT molecular complexity index is 564. The van der Waals surface area contributed by atoms with Gasteiger partial charge in [0.2, 0.25) is 0 Å². The molecule has 0 bridgehead atoms. The van der Waals surface area contributed by atoms with Gasteiger partial charge < -0.3 is 0 Å². The summed E-state index contributed by atoms with van der Waals surface area (Å²) in [6, 6.07) is 3.68. The fraction of sp³-hybridized carbons (Fsp3) is 0.250. The second kappa shape index (κ2) is 5.51. The third kappa shape index (κ3) is 2.66. The Labute approximate surface area is 124 Å². The van der Waals surface area contributed by atoms with E-state index < -0.39 is 0 Å². The summed E-state index contributed by atoms with van der Waals surface area (Å²) in [5.41, 5.74) is 1.38. The van der Waals surface area contributed by atoms with Gasteiger partial charge in [0.1, 0.15) is 16.0 Å². The molecule has 0 N–H and O–H groups in total. The largest absolute Gasteiger partial charge is 0.252 e. The van der Waals surface area contributed by atoms with Crippen LogP contribution in [0.5, 0.6) is 0 Å². The van der Waals surface area contributed by atoms with Crippen molar-refractivity contribution >= 4 is 39.1 Å². The molecule has 2 rings (SSSR count). The zero-order valence-corrected chi connectivity index (χ0v) is 12.9. The average Bonchev–Trinajstić information content (AvgIpc) is 2.27. The number of hydrogen-bond acceptors (Lipinski definition) is 3. The van der Waals surface area contributed by atoms with Crippen molar-refractivity contribution in [3.63, 3.8) is 0 Å². The van der Waals surface area contributed by atoms with Gasteiger partial charge >= 0.3 is 0 Å². The first kappa shape index (κ1) is 13.7. The van der Waals surface area contributed by atoms with Gasteiger partial charge in [-0.3, -0.25) is 4.98 Å². The average molecular weight is 347 g/mol. The Hall–Kier alpha value is -0.710. The summed E-state index contributed by atoms with van der Waals surface area (Å²) in [6.45, 7) is 3.99. The quantitative estimate of drug-likeness (QED) is 0.738. The molecule has 0 amide bonds. The standard InChI is InChI=1S/C12H10BrCl2N3/c1-6(2)8-10(14)17-12(18-11(8)15)9-7(13)4-3-5-16-9/h3-6H,1-2H3. The van der Waals surface area contributed by atoms with Crippen molar-refractivity contribution < 1.29 is 0 Å². The molecule has 0 saturated heterocycles. The Balaban J connectivity index is 2.59. The van der Waals surface area contributed by atoms with E-state index in [1.165, 1.54) is 0 Å². The molecule has 0 aromatic carbocycles. The zero-order valence-electron chi connectivity index (χ0n) is 9.78. The van der Waals surface area contributed by atoms with E-state index in [0.717, 1.165) is 10.0 Å². The highest BCUT2D eigenvalue weighted by molar-refractivity contribution is 9.10. The van der Waals surface area contributed by atoms with E-state index in [1.807, 2.05) is 26.0 Å². The lowest BCUT2D eigenvalue weighted by atomic mass is 10.1. The minimum atomic E-state index is 0.172. The summed E-state index contributed by atoms with van der Waals surface area (Å²) in [5.74, 6) is 0.591. The molecule has 18 heavy (non-hydrogen) atoms. The van der Waals surface area contributed by atoms with Crippen molar-refractivity contribution in [3.05, 3.63) is 38.7 Å². The Morgan fingerprint density at radius 1 is 1.17 bits per heavy atom. The SMILES string of the molecule is CC(C)c1c(Cl)nc(-c2ncccc2Br)nc1Cl. The van der Waals surface area contributed by atoms with Gasteiger partial charge in [-0.25, -0.2) is 9.97 Å². The number of rotatable bonds is 2. The van der Waals surface area contributed by atoms with Crippen LogP contribution in [-0.4, -0.2) is 15.0 Å². The summed E-state index contributed by atoms with van der Waals surface area (Å²) in [7, 11) is 0. The van der Waals surface area contributed by atoms with Crippen LogP contribution in [0.2, 0.25) is 10.3 Å². The molecule has 0 spiro atoms. The smallest absolute Gasteiger partial charge is 0.182 e. The van der Waals surface area contributed by atoms with E-state index in [-0.39, 0.29) is 5.92 Å². The number of hydrogen-bond donors (Lipinski definition) is 0. The molecule has 2 aromatic heterocycles. The normalized spacial score (nSPS) is 11.0. The van der Waals surface area contributed by atoms with Gasteiger partial charge in [-0.15, -0.1) is 0 Å². The topological polar surface area (TPSA) is 38.7 Å². The van der Waals surface area contributed by atoms with Crippen LogP contribution in [0.3, 0.4) is 0 Å². The van der Waals surface area contributed by atoms with Crippen LogP contribution in [0.4, 0.5) is 0 Å². The van der Waals surface area contributed by atoms with E-state index >= 15 is 0 Å². The number of nitrogens with zero attached hydrogens (tertiary/aromatic N) is 3. The van der Waals surface area contributed by atoms with Gasteiger partial charge in [0, 0.05) is 16.2 Å². The van der Waals surface area contributed by atoms with Gasteiger partial charge in [0.05, 0.1) is 0 Å². The van der Waals surface area contributed by atoms with Crippen molar-refractivity contribution in [2.45, 2.75) is 19.8 Å². The maximum absolute atomic E-state index is 6.15. The first-order valence-electron chi connectivity index (χ1n) is 5.34. The van der Waals surface area contributed by atoms with E-state index in [1.54, 1.807) is 6.20 Å². The maximum atomic E-state index is 6.15. The van der Waals surface area contributed by atoms with Gasteiger partial charge in [-0.1, -0.05) is 37.0 Å². The first-order valence-corrected chi connectivity index (χ1v) is 6.89. The van der Waals surface area contributed by atoms with Crippen molar-refractivity contribution in [1.29, 1.82) is 0 Å². The zero-order chi connectivity index (χ0) is 13.3. The van der Waals surface area contributed by atoms with E-state index in [9.17, 15) is 0 Å². The first-order chi connectivity index (χ1) is 8.50. The molecule has 2 heterocycles. The minimum Gasteiger partial charge on any atom is -0.252 e. The highest BCUT2D eigenvalue weighted by Crippen LogP contribution is 2.32. The molecule has 0 aliphatic carbocycles. The summed E-state index contributed by atoms with van der Waals surface area (Å²) >= 11 is 15.7. The Morgan fingerprint density at radius 3 is 2.28 bits per heavy atom. The van der Waals surface area contributed by atoms with Gasteiger partial charge in [0.25, 0.3) is 0 Å². The second-order valence-corrected chi connectivity index (χ2v) is 5.60.